The maximum atomic E-state index is 13.7. The lowest BCUT2D eigenvalue weighted by molar-refractivity contribution is -0.133. The zero-order chi connectivity index (χ0) is 26.5. The molecule has 1 amide bonds. The van der Waals surface area contributed by atoms with E-state index in [9.17, 15) is 13.2 Å². The van der Waals surface area contributed by atoms with Gasteiger partial charge in [0, 0.05) is 30.2 Å². The molecule has 1 aromatic heterocycles. The summed E-state index contributed by atoms with van der Waals surface area (Å²) in [4.78, 5) is 15.8. The third kappa shape index (κ3) is 5.71. The average Bonchev–Trinajstić information content (AvgIpc) is 3.30. The van der Waals surface area contributed by atoms with Gasteiger partial charge in [-0.05, 0) is 35.2 Å². The van der Waals surface area contributed by atoms with Crippen LogP contribution in [-0.2, 0) is 40.0 Å². The lowest BCUT2D eigenvalue weighted by Gasteiger charge is -2.23. The van der Waals surface area contributed by atoms with E-state index in [1.807, 2.05) is 121 Å². The summed E-state index contributed by atoms with van der Waals surface area (Å²) in [6.07, 6.45) is 1.62. The normalized spacial score (nSPS) is 11.5. The highest BCUT2D eigenvalue weighted by molar-refractivity contribution is 7.90. The summed E-state index contributed by atoms with van der Waals surface area (Å²) in [5.41, 5.74) is 4.51. The second-order valence-corrected chi connectivity index (χ2v) is 11.5. The Morgan fingerprint density at radius 2 is 1.29 bits per heavy atom. The first-order valence-corrected chi connectivity index (χ1v) is 14.3. The second-order valence-electron chi connectivity index (χ2n) is 9.54. The number of rotatable bonds is 9. The van der Waals surface area contributed by atoms with E-state index in [0.29, 0.717) is 18.5 Å². The van der Waals surface area contributed by atoms with E-state index in [4.69, 9.17) is 0 Å². The summed E-state index contributed by atoms with van der Waals surface area (Å²) in [5.74, 6) is -0.170. The van der Waals surface area contributed by atoms with Gasteiger partial charge in [-0.25, -0.2) is 8.42 Å². The summed E-state index contributed by atoms with van der Waals surface area (Å²) in [6.45, 7) is 2.89. The number of sulfone groups is 1. The summed E-state index contributed by atoms with van der Waals surface area (Å²) < 4.78 is 28.9. The van der Waals surface area contributed by atoms with Crippen molar-refractivity contribution in [3.05, 3.63) is 138 Å². The summed E-state index contributed by atoms with van der Waals surface area (Å²) >= 11 is 0. The molecule has 4 aromatic carbocycles. The lowest BCUT2D eigenvalue weighted by atomic mass is 10.1. The number of carbonyl (C=O) groups excluding carboxylic acids is 1. The molecule has 0 aliphatic heterocycles. The monoisotopic (exact) mass is 522 g/mol. The molecule has 6 heteroatoms. The van der Waals surface area contributed by atoms with Gasteiger partial charge in [-0.15, -0.1) is 0 Å². The van der Waals surface area contributed by atoms with Gasteiger partial charge >= 0.3 is 0 Å². The molecule has 1 heterocycles. The van der Waals surface area contributed by atoms with Crippen LogP contribution in [0.1, 0.15) is 22.3 Å². The Morgan fingerprint density at radius 3 is 1.92 bits per heavy atom. The molecule has 0 aliphatic carbocycles. The highest BCUT2D eigenvalue weighted by Crippen LogP contribution is 2.29. The van der Waals surface area contributed by atoms with Crippen LogP contribution in [-0.4, -0.2) is 23.8 Å². The van der Waals surface area contributed by atoms with Crippen LogP contribution in [0.15, 0.2) is 120 Å². The molecule has 38 heavy (non-hydrogen) atoms. The molecule has 0 N–H and O–H groups in total. The van der Waals surface area contributed by atoms with Crippen molar-refractivity contribution in [1.29, 1.82) is 0 Å². The molecule has 5 rings (SSSR count). The van der Waals surface area contributed by atoms with E-state index in [-0.39, 0.29) is 23.1 Å². The van der Waals surface area contributed by atoms with Crippen LogP contribution in [0, 0.1) is 6.92 Å². The lowest BCUT2D eigenvalue weighted by Crippen LogP contribution is -2.32. The van der Waals surface area contributed by atoms with Gasteiger partial charge in [0.1, 0.15) is 6.54 Å². The van der Waals surface area contributed by atoms with E-state index in [1.165, 1.54) is 0 Å². The number of nitrogens with zero attached hydrogens (tertiary/aromatic N) is 2. The Balaban J connectivity index is 1.47. The summed E-state index contributed by atoms with van der Waals surface area (Å²) in [7, 11) is -3.64. The number of hydrogen-bond donors (Lipinski definition) is 0. The van der Waals surface area contributed by atoms with Gasteiger partial charge in [0.15, 0.2) is 9.84 Å². The molecule has 0 aliphatic rings. The first-order chi connectivity index (χ1) is 18.4. The van der Waals surface area contributed by atoms with Crippen LogP contribution in [0.5, 0.6) is 0 Å². The summed E-state index contributed by atoms with van der Waals surface area (Å²) in [5, 5.41) is 0.631. The number of amides is 1. The standard InChI is InChI=1S/C32H30N2O3S/c1-25-12-8-9-17-28(25)24-38(36,37)31-22-33(30-19-11-10-18-29(30)31)23-32(35)34(20-26-13-4-2-5-14-26)21-27-15-6-3-7-16-27/h2-19,22H,20-21,23-24H2,1H3. The average molecular weight is 523 g/mol. The SMILES string of the molecule is Cc1ccccc1CS(=O)(=O)c1cn(CC(=O)N(Cc2ccccc2)Cc2ccccc2)c2ccccc12. The van der Waals surface area contributed by atoms with Crippen LogP contribution in [0.25, 0.3) is 10.9 Å². The maximum absolute atomic E-state index is 13.7. The molecule has 0 saturated heterocycles. The van der Waals surface area contributed by atoms with E-state index in [0.717, 1.165) is 27.8 Å². The first-order valence-electron chi connectivity index (χ1n) is 12.6. The largest absolute Gasteiger partial charge is 0.337 e. The summed E-state index contributed by atoms with van der Waals surface area (Å²) in [6, 6.07) is 34.7. The number of aryl methyl sites for hydroxylation is 1. The molecule has 192 valence electrons. The van der Waals surface area contributed by atoms with Gasteiger partial charge in [0.05, 0.1) is 10.6 Å². The minimum absolute atomic E-state index is 0.0417. The number of hydrogen-bond acceptors (Lipinski definition) is 3. The third-order valence-electron chi connectivity index (χ3n) is 6.78. The molecular weight excluding hydrogens is 492 g/mol. The minimum Gasteiger partial charge on any atom is -0.337 e. The fourth-order valence-corrected chi connectivity index (χ4v) is 6.42. The van der Waals surface area contributed by atoms with Crippen molar-refractivity contribution in [1.82, 2.24) is 9.47 Å². The molecule has 0 spiro atoms. The molecule has 0 fully saturated rings. The number of aromatic nitrogens is 1. The Bertz CT molecular complexity index is 1620. The smallest absolute Gasteiger partial charge is 0.243 e. The molecule has 0 atom stereocenters. The van der Waals surface area contributed by atoms with Gasteiger partial charge < -0.3 is 9.47 Å². The number of benzene rings is 4. The first kappa shape index (κ1) is 25.5. The Labute approximate surface area is 223 Å². The highest BCUT2D eigenvalue weighted by atomic mass is 32.2. The maximum Gasteiger partial charge on any atom is 0.243 e. The molecule has 5 aromatic rings. The van der Waals surface area contributed by atoms with Crippen molar-refractivity contribution in [3.8, 4) is 0 Å². The molecule has 0 bridgehead atoms. The fourth-order valence-electron chi connectivity index (χ4n) is 4.73. The highest BCUT2D eigenvalue weighted by Gasteiger charge is 2.24. The van der Waals surface area contributed by atoms with Gasteiger partial charge in [-0.1, -0.05) is 103 Å². The van der Waals surface area contributed by atoms with Crippen molar-refractivity contribution < 1.29 is 13.2 Å². The molecule has 0 saturated carbocycles. The minimum atomic E-state index is -3.64. The fraction of sp³-hybridized carbons (Fsp3) is 0.156. The van der Waals surface area contributed by atoms with Gasteiger partial charge in [0.25, 0.3) is 0 Å². The molecular formula is C32H30N2O3S. The van der Waals surface area contributed by atoms with Crippen molar-refractivity contribution in [2.75, 3.05) is 0 Å². The predicted octanol–water partition coefficient (Wildman–Crippen LogP) is 6.15. The van der Waals surface area contributed by atoms with Gasteiger partial charge in [-0.2, -0.15) is 0 Å². The predicted molar refractivity (Wildman–Crippen MR) is 151 cm³/mol. The quantitative estimate of drug-likeness (QED) is 0.233. The van der Waals surface area contributed by atoms with E-state index in [2.05, 4.69) is 0 Å². The number of carbonyl (C=O) groups is 1. The third-order valence-corrected chi connectivity index (χ3v) is 8.47. The Kier molecular flexibility index (Phi) is 7.43. The number of para-hydroxylation sites is 1. The van der Waals surface area contributed by atoms with Crippen LogP contribution >= 0.6 is 0 Å². The molecule has 0 unspecified atom stereocenters. The second kappa shape index (κ2) is 11.1. The topological polar surface area (TPSA) is 59.4 Å². The Morgan fingerprint density at radius 1 is 0.737 bits per heavy atom. The van der Waals surface area contributed by atoms with Crippen LogP contribution < -0.4 is 0 Å². The van der Waals surface area contributed by atoms with Crippen molar-refractivity contribution in [3.63, 3.8) is 0 Å². The van der Waals surface area contributed by atoms with Crippen LogP contribution in [0.2, 0.25) is 0 Å². The van der Waals surface area contributed by atoms with Gasteiger partial charge in [-0.3, -0.25) is 4.79 Å². The van der Waals surface area contributed by atoms with Crippen molar-refractivity contribution in [2.45, 2.75) is 37.2 Å². The van der Waals surface area contributed by atoms with Crippen molar-refractivity contribution in [2.24, 2.45) is 0 Å². The van der Waals surface area contributed by atoms with Crippen LogP contribution in [0.4, 0.5) is 0 Å². The number of fused-ring (bicyclic) bond motifs is 1. The Hall–Kier alpha value is -4.16. The zero-order valence-corrected chi connectivity index (χ0v) is 22.1. The molecule has 5 nitrogen and oxygen atoms in total. The molecule has 0 radical (unpaired) electrons. The zero-order valence-electron chi connectivity index (χ0n) is 21.3. The van der Waals surface area contributed by atoms with Gasteiger partial charge in [0.2, 0.25) is 5.91 Å². The van der Waals surface area contributed by atoms with Crippen LogP contribution in [0.3, 0.4) is 0 Å². The van der Waals surface area contributed by atoms with Crippen molar-refractivity contribution >= 4 is 26.6 Å². The van der Waals surface area contributed by atoms with E-state index >= 15 is 0 Å². The van der Waals surface area contributed by atoms with E-state index in [1.54, 1.807) is 10.8 Å². The van der Waals surface area contributed by atoms with E-state index < -0.39 is 9.84 Å².